The van der Waals surface area contributed by atoms with E-state index in [4.69, 9.17) is 0 Å². The van der Waals surface area contributed by atoms with E-state index < -0.39 is 0 Å². The topological polar surface area (TPSA) is 3.24 Å². The van der Waals surface area contributed by atoms with Gasteiger partial charge in [-0.15, -0.1) is 11.3 Å². The Labute approximate surface area is 389 Å². The predicted molar refractivity (Wildman–Crippen MR) is 282 cm³/mol. The van der Waals surface area contributed by atoms with Gasteiger partial charge in [0.05, 0.1) is 5.69 Å². The molecule has 9 aromatic rings. The zero-order chi connectivity index (χ0) is 44.4. The summed E-state index contributed by atoms with van der Waals surface area (Å²) in [6.45, 7) is 17.0. The highest BCUT2D eigenvalue weighted by Crippen LogP contribution is 2.52. The third kappa shape index (κ3) is 6.41. The molecule has 3 heterocycles. The molecule has 0 spiro atoms. The van der Waals surface area contributed by atoms with Crippen LogP contribution in [0.25, 0.3) is 65.7 Å². The lowest BCUT2D eigenvalue weighted by molar-refractivity contribution is 0.332. The van der Waals surface area contributed by atoms with Crippen molar-refractivity contribution in [3.8, 4) is 55.6 Å². The van der Waals surface area contributed by atoms with Crippen LogP contribution >= 0.6 is 11.3 Å². The molecule has 3 aliphatic rings. The van der Waals surface area contributed by atoms with Crippen molar-refractivity contribution in [1.82, 2.24) is 0 Å². The zero-order valence-corrected chi connectivity index (χ0v) is 39.4. The average molecular weight is 856 g/mol. The molecule has 1 aromatic heterocycles. The Morgan fingerprint density at radius 1 is 0.477 bits per heavy atom. The summed E-state index contributed by atoms with van der Waals surface area (Å²) >= 11 is 2.04. The van der Waals surface area contributed by atoms with Crippen molar-refractivity contribution in [3.63, 3.8) is 0 Å². The van der Waals surface area contributed by atoms with Gasteiger partial charge in [0.1, 0.15) is 0 Å². The Morgan fingerprint density at radius 2 is 1.02 bits per heavy atom. The van der Waals surface area contributed by atoms with Crippen LogP contribution in [0.3, 0.4) is 0 Å². The largest absolute Gasteiger partial charge is 0.311 e. The van der Waals surface area contributed by atoms with Crippen LogP contribution in [0.4, 0.5) is 17.1 Å². The Balaban J connectivity index is 1.19. The summed E-state index contributed by atoms with van der Waals surface area (Å²) in [5, 5.41) is 1.41. The van der Waals surface area contributed by atoms with Gasteiger partial charge in [0.25, 0.3) is 6.71 Å². The summed E-state index contributed by atoms with van der Waals surface area (Å²) < 4.78 is 2.89. The van der Waals surface area contributed by atoms with E-state index in [1.165, 1.54) is 128 Å². The number of para-hydroxylation sites is 1. The van der Waals surface area contributed by atoms with E-state index in [2.05, 4.69) is 229 Å². The molecule has 1 nitrogen and oxygen atoms in total. The molecule has 8 aromatic carbocycles. The van der Waals surface area contributed by atoms with E-state index in [1.54, 1.807) is 0 Å². The fourth-order valence-electron chi connectivity index (χ4n) is 11.3. The fraction of sp³-hybridized carbons (Fsp3) is 0.194. The second-order valence-corrected chi connectivity index (χ2v) is 22.2. The van der Waals surface area contributed by atoms with Crippen LogP contribution in [0.2, 0.25) is 0 Å². The molecule has 65 heavy (non-hydrogen) atoms. The zero-order valence-electron chi connectivity index (χ0n) is 38.6. The summed E-state index contributed by atoms with van der Waals surface area (Å²) in [6.07, 6.45) is 2.40. The van der Waals surface area contributed by atoms with Crippen molar-refractivity contribution in [1.29, 1.82) is 0 Å². The Morgan fingerprint density at radius 3 is 1.63 bits per heavy atom. The van der Waals surface area contributed by atoms with E-state index in [9.17, 15) is 0 Å². The molecule has 0 saturated heterocycles. The lowest BCUT2D eigenvalue weighted by atomic mass is 9.39. The smallest absolute Gasteiger partial charge is 0.260 e. The van der Waals surface area contributed by atoms with Gasteiger partial charge in [-0.05, 0) is 172 Å². The molecule has 2 aliphatic heterocycles. The lowest BCUT2D eigenvalue weighted by Gasteiger charge is -2.42. The highest BCUT2D eigenvalue weighted by molar-refractivity contribution is 7.34. The normalized spacial score (nSPS) is 15.4. The van der Waals surface area contributed by atoms with Crippen molar-refractivity contribution < 1.29 is 0 Å². The number of benzene rings is 8. The Kier molecular flexibility index (Phi) is 8.98. The van der Waals surface area contributed by atoms with Gasteiger partial charge in [-0.25, -0.2) is 0 Å². The molecular weight excluding hydrogens is 802 g/mol. The van der Waals surface area contributed by atoms with E-state index in [0.29, 0.717) is 0 Å². The minimum Gasteiger partial charge on any atom is -0.311 e. The van der Waals surface area contributed by atoms with Crippen LogP contribution in [0.1, 0.15) is 78.0 Å². The fourth-order valence-corrected chi connectivity index (χ4v) is 12.7. The van der Waals surface area contributed by atoms with Gasteiger partial charge in [-0.3, -0.25) is 0 Å². The second-order valence-electron chi connectivity index (χ2n) is 21.2. The number of rotatable bonds is 5. The highest BCUT2D eigenvalue weighted by Gasteiger charge is 2.46. The van der Waals surface area contributed by atoms with E-state index in [1.807, 2.05) is 11.3 Å². The van der Waals surface area contributed by atoms with Crippen LogP contribution in [0, 0.1) is 0 Å². The summed E-state index contributed by atoms with van der Waals surface area (Å²) in [4.78, 5) is 2.62. The number of nitrogens with zero attached hydrogens (tertiary/aromatic N) is 1. The van der Waals surface area contributed by atoms with Gasteiger partial charge in [-0.2, -0.15) is 0 Å². The number of thiophene rings is 1. The van der Waals surface area contributed by atoms with Gasteiger partial charge in [0.15, 0.2) is 0 Å². The maximum atomic E-state index is 2.63. The highest BCUT2D eigenvalue weighted by atomic mass is 32.1. The molecule has 0 saturated carbocycles. The van der Waals surface area contributed by atoms with Crippen LogP contribution in [0.5, 0.6) is 0 Å². The third-order valence-corrected chi connectivity index (χ3v) is 16.3. The van der Waals surface area contributed by atoms with Crippen LogP contribution < -0.4 is 20.6 Å². The standard InChI is InChI=1S/C62H54BNS/c1-60(2,3)46-27-28-53(47(36-46)41-23-15-10-16-24-41)64-54-26-18-17-25-52(54)63-58-49(57-48-37-50-51(38-56(48)65-59(57)63)62(6,7)30-29-61(50,4)5)34-45(35-55(58)64)44-32-42(39-19-11-8-12-20-39)31-43(33-44)40-21-13-9-14-22-40/h8-28,31-38H,29-30H2,1-7H3. The molecule has 0 fully saturated rings. The number of fused-ring (bicyclic) bond motifs is 8. The van der Waals surface area contributed by atoms with Crippen molar-refractivity contribution in [2.75, 3.05) is 4.90 Å². The lowest BCUT2D eigenvalue weighted by Crippen LogP contribution is -2.54. The summed E-state index contributed by atoms with van der Waals surface area (Å²) in [7, 11) is 0. The third-order valence-electron chi connectivity index (χ3n) is 15.1. The van der Waals surface area contributed by atoms with E-state index >= 15 is 0 Å². The maximum Gasteiger partial charge on any atom is 0.260 e. The second kappa shape index (κ2) is 14.5. The van der Waals surface area contributed by atoms with Crippen molar-refractivity contribution >= 4 is 60.9 Å². The molecule has 316 valence electrons. The first-order valence-corrected chi connectivity index (χ1v) is 24.3. The predicted octanol–water partition coefficient (Wildman–Crippen LogP) is 15.5. The molecule has 0 N–H and O–H groups in total. The number of hydrogen-bond acceptors (Lipinski definition) is 2. The molecule has 1 aliphatic carbocycles. The molecule has 12 rings (SSSR count). The van der Waals surface area contributed by atoms with Gasteiger partial charge in [-0.1, -0.05) is 164 Å². The number of hydrogen-bond donors (Lipinski definition) is 0. The minimum absolute atomic E-state index is 0.00728. The summed E-state index contributed by atoms with van der Waals surface area (Å²) in [6, 6.07) is 66.8. The monoisotopic (exact) mass is 855 g/mol. The van der Waals surface area contributed by atoms with Gasteiger partial charge in [0.2, 0.25) is 0 Å². The molecule has 3 heteroatoms. The number of anilines is 3. The van der Waals surface area contributed by atoms with E-state index in [-0.39, 0.29) is 23.0 Å². The van der Waals surface area contributed by atoms with E-state index in [0.717, 1.165) is 0 Å². The first kappa shape index (κ1) is 40.1. The van der Waals surface area contributed by atoms with Gasteiger partial charge < -0.3 is 4.90 Å². The molecule has 0 bridgehead atoms. The molecule has 0 amide bonds. The quantitative estimate of drug-likeness (QED) is 0.156. The molecular formula is C62H54BNS. The van der Waals surface area contributed by atoms with Crippen molar-refractivity contribution in [3.05, 3.63) is 193 Å². The van der Waals surface area contributed by atoms with Crippen LogP contribution in [-0.2, 0) is 16.2 Å². The van der Waals surface area contributed by atoms with Crippen LogP contribution in [0.15, 0.2) is 176 Å². The molecule has 0 radical (unpaired) electrons. The van der Waals surface area contributed by atoms with Crippen LogP contribution in [-0.4, -0.2) is 6.71 Å². The Hall–Kier alpha value is -6.42. The van der Waals surface area contributed by atoms with Crippen molar-refractivity contribution in [2.45, 2.75) is 77.6 Å². The molecule has 0 unspecified atom stereocenters. The summed E-state index contributed by atoms with van der Waals surface area (Å²) in [5.41, 5.74) is 23.8. The first-order valence-electron chi connectivity index (χ1n) is 23.5. The Bertz CT molecular complexity index is 3290. The van der Waals surface area contributed by atoms with Gasteiger partial charge in [0, 0.05) is 27.0 Å². The average Bonchev–Trinajstić information content (AvgIpc) is 3.85. The summed E-state index contributed by atoms with van der Waals surface area (Å²) in [5.74, 6) is 0. The SMILES string of the molecule is CC(C)(C)c1ccc(N2c3ccccc3B3c4sc5cc6c(cc5c4-c4cc(-c5cc(-c7ccccc7)cc(-c7ccccc7)c5)cc2c43)C(C)(C)CCC6(C)C)c(-c2ccccc2)c1. The molecule has 0 atom stereocenters. The maximum absolute atomic E-state index is 2.63. The first-order chi connectivity index (χ1) is 31.3. The minimum atomic E-state index is -0.00728. The van der Waals surface area contributed by atoms with Gasteiger partial charge >= 0.3 is 0 Å². The van der Waals surface area contributed by atoms with Crippen molar-refractivity contribution in [2.24, 2.45) is 0 Å².